The number of amides is 1. The molecule has 0 aromatic rings. The fourth-order valence-corrected chi connectivity index (χ4v) is 12.0. The zero-order valence-electron chi connectivity index (χ0n) is 52.2. The number of rotatable bonds is 62. The van der Waals surface area contributed by atoms with Crippen LogP contribution in [0, 0.1) is 0 Å². The van der Waals surface area contributed by atoms with Gasteiger partial charge in [-0.2, -0.15) is 8.42 Å². The maximum Gasteiger partial charge on any atom is 0.397 e. The quantitative estimate of drug-likeness (QED) is 0.0193. The molecule has 0 saturated carbocycles. The van der Waals surface area contributed by atoms with Crippen LogP contribution in [0.15, 0.2) is 12.2 Å². The molecule has 1 amide bonds. The Hall–Kier alpha value is -1.16. The van der Waals surface area contributed by atoms with E-state index in [-0.39, 0.29) is 18.9 Å². The van der Waals surface area contributed by atoms with Crippen molar-refractivity contribution in [1.29, 1.82) is 0 Å². The molecule has 0 aromatic carbocycles. The first-order valence-electron chi connectivity index (χ1n) is 34.6. The summed E-state index contributed by atoms with van der Waals surface area (Å²) in [6.45, 7) is 3.47. The van der Waals surface area contributed by atoms with E-state index < -0.39 is 59.9 Å². The summed E-state index contributed by atoms with van der Waals surface area (Å²) in [6.07, 6.45) is 62.9. The Labute approximate surface area is 493 Å². The van der Waals surface area contributed by atoms with Crippen LogP contribution >= 0.6 is 0 Å². The van der Waals surface area contributed by atoms with Crippen molar-refractivity contribution in [3.63, 3.8) is 0 Å². The van der Waals surface area contributed by atoms with Gasteiger partial charge in [-0.25, -0.2) is 4.18 Å². The highest BCUT2D eigenvalue weighted by Gasteiger charge is 2.48. The molecule has 80 heavy (non-hydrogen) atoms. The summed E-state index contributed by atoms with van der Waals surface area (Å²) in [6, 6.07) is -0.941. The zero-order chi connectivity index (χ0) is 58.3. The van der Waals surface area contributed by atoms with Gasteiger partial charge in [-0.15, -0.1) is 0 Å². The van der Waals surface area contributed by atoms with Crippen LogP contribution in [0.1, 0.15) is 354 Å². The van der Waals surface area contributed by atoms with Crippen LogP contribution in [0.5, 0.6) is 0 Å². The Balaban J connectivity index is 2.24. The topological polar surface area (TPSA) is 192 Å². The molecule has 7 atom stereocenters. The van der Waals surface area contributed by atoms with E-state index in [2.05, 4.69) is 23.3 Å². The second-order valence-corrected chi connectivity index (χ2v) is 25.5. The second kappa shape index (κ2) is 56.9. The van der Waals surface area contributed by atoms with Crippen LogP contribution in [0.25, 0.3) is 0 Å². The molecule has 1 heterocycles. The van der Waals surface area contributed by atoms with E-state index in [9.17, 15) is 38.2 Å². The third kappa shape index (κ3) is 48.1. The molecule has 1 rings (SSSR count). The van der Waals surface area contributed by atoms with Crippen LogP contribution in [0.4, 0.5) is 0 Å². The minimum atomic E-state index is -5.09. The molecule has 13 heteroatoms. The van der Waals surface area contributed by atoms with Gasteiger partial charge in [0, 0.05) is 6.42 Å². The molecule has 12 nitrogen and oxygen atoms in total. The van der Waals surface area contributed by atoms with Crippen molar-refractivity contribution in [2.75, 3.05) is 13.2 Å². The highest BCUT2D eigenvalue weighted by molar-refractivity contribution is 7.80. The molecule has 1 saturated heterocycles. The lowest BCUT2D eigenvalue weighted by atomic mass is 9.99. The van der Waals surface area contributed by atoms with Crippen molar-refractivity contribution in [3.05, 3.63) is 12.2 Å². The lowest BCUT2D eigenvalue weighted by molar-refractivity contribution is -0.298. The summed E-state index contributed by atoms with van der Waals surface area (Å²) in [5, 5.41) is 45.1. The molecule has 0 spiro atoms. The molecule has 0 aromatic heterocycles. The van der Waals surface area contributed by atoms with Crippen molar-refractivity contribution in [2.24, 2.45) is 0 Å². The van der Waals surface area contributed by atoms with E-state index in [1.165, 1.54) is 289 Å². The first kappa shape index (κ1) is 76.9. The van der Waals surface area contributed by atoms with E-state index in [0.717, 1.165) is 38.5 Å². The standard InChI is InChI=1S/C67H131NO11S/c1-3-5-7-9-11-13-15-17-19-21-23-25-27-28-29-30-31-32-33-34-35-37-39-41-43-45-47-49-51-53-55-57-63(71)68-60(59-77-67-65(73)66(79-80(74,75)76)64(72)62(58-69)78-67)61(70)56-54-52-50-48-46-44-42-40-38-36-26-24-22-20-18-16-14-12-10-8-6-4-2/h54,56,60-62,64-67,69-70,72-73H,3-53,55,57-59H2,1-2H3,(H,68,71)(H,74,75,76)/b56-54+. The van der Waals surface area contributed by atoms with Gasteiger partial charge >= 0.3 is 10.4 Å². The Bertz CT molecular complexity index is 1450. The number of unbranched alkanes of at least 4 members (excludes halogenated alkanes) is 50. The van der Waals surface area contributed by atoms with E-state index in [4.69, 9.17) is 9.47 Å². The number of allylic oxidation sites excluding steroid dienone is 1. The van der Waals surface area contributed by atoms with Gasteiger partial charge in [0.25, 0.3) is 0 Å². The summed E-state index contributed by atoms with van der Waals surface area (Å²) >= 11 is 0. The zero-order valence-corrected chi connectivity index (χ0v) is 53.0. The van der Waals surface area contributed by atoms with Crippen LogP contribution in [0.2, 0.25) is 0 Å². The summed E-state index contributed by atoms with van der Waals surface area (Å²) in [4.78, 5) is 13.2. The number of hydrogen-bond acceptors (Lipinski definition) is 10. The van der Waals surface area contributed by atoms with Crippen LogP contribution in [0.3, 0.4) is 0 Å². The highest BCUT2D eigenvalue weighted by Crippen LogP contribution is 2.26. The molecule has 1 aliphatic rings. The summed E-state index contributed by atoms with van der Waals surface area (Å²) < 4.78 is 48.0. The summed E-state index contributed by atoms with van der Waals surface area (Å²) in [5.74, 6) is -0.253. The van der Waals surface area contributed by atoms with E-state index >= 15 is 0 Å². The molecule has 1 fully saturated rings. The van der Waals surface area contributed by atoms with Crippen molar-refractivity contribution >= 4 is 16.3 Å². The number of nitrogens with one attached hydrogen (secondary N) is 1. The number of aliphatic hydroxyl groups is 4. The number of carbonyl (C=O) groups excluding carboxylic acids is 1. The van der Waals surface area contributed by atoms with Crippen LogP contribution < -0.4 is 5.32 Å². The lowest BCUT2D eigenvalue weighted by Crippen LogP contribution is -2.61. The molecular weight excluding hydrogens is 1030 g/mol. The van der Waals surface area contributed by atoms with Crippen molar-refractivity contribution in [2.45, 2.75) is 397 Å². The Kier molecular flexibility index (Phi) is 54.7. The minimum absolute atomic E-state index is 0.253. The minimum Gasteiger partial charge on any atom is -0.394 e. The third-order valence-electron chi connectivity index (χ3n) is 16.8. The Morgan fingerprint density at radius 3 is 1.09 bits per heavy atom. The van der Waals surface area contributed by atoms with Gasteiger partial charge in [0.1, 0.15) is 24.4 Å². The normalized spacial score (nSPS) is 18.6. The SMILES string of the molecule is CCCCCCCCCCCCCCCCCCCCCC/C=C/C(O)C(COC1OC(CO)C(O)C(OS(=O)(=O)O)C1O)NC(=O)CCCCCCCCCCCCCCCCCCCCCCCCCCCCCCCCC. The fraction of sp³-hybridized carbons (Fsp3) is 0.955. The molecule has 476 valence electrons. The van der Waals surface area contributed by atoms with Gasteiger partial charge in [-0.1, -0.05) is 341 Å². The largest absolute Gasteiger partial charge is 0.397 e. The number of aliphatic hydroxyl groups excluding tert-OH is 4. The fourth-order valence-electron chi connectivity index (χ4n) is 11.5. The summed E-state index contributed by atoms with van der Waals surface area (Å²) in [5.41, 5.74) is 0. The number of ether oxygens (including phenoxy) is 2. The predicted octanol–water partition coefficient (Wildman–Crippen LogP) is 17.7. The molecule has 0 aliphatic carbocycles. The first-order chi connectivity index (χ1) is 39.0. The highest BCUT2D eigenvalue weighted by atomic mass is 32.3. The van der Waals surface area contributed by atoms with Gasteiger partial charge < -0.3 is 35.2 Å². The van der Waals surface area contributed by atoms with E-state index in [0.29, 0.717) is 6.42 Å². The number of hydrogen-bond donors (Lipinski definition) is 6. The first-order valence-corrected chi connectivity index (χ1v) is 35.9. The molecule has 0 bridgehead atoms. The van der Waals surface area contributed by atoms with E-state index in [1.807, 2.05) is 6.08 Å². The van der Waals surface area contributed by atoms with E-state index in [1.54, 1.807) is 6.08 Å². The van der Waals surface area contributed by atoms with Gasteiger partial charge in [-0.05, 0) is 19.3 Å². The van der Waals surface area contributed by atoms with Crippen molar-refractivity contribution < 1.29 is 51.8 Å². The maximum absolute atomic E-state index is 13.2. The average Bonchev–Trinajstić information content (AvgIpc) is 3.43. The monoisotopic (exact) mass is 1160 g/mol. The molecular formula is C67H131NO11S. The van der Waals surface area contributed by atoms with Gasteiger partial charge in [0.2, 0.25) is 5.91 Å². The Morgan fingerprint density at radius 1 is 0.487 bits per heavy atom. The van der Waals surface area contributed by atoms with Gasteiger partial charge in [-0.3, -0.25) is 9.35 Å². The van der Waals surface area contributed by atoms with Crippen molar-refractivity contribution in [1.82, 2.24) is 5.32 Å². The number of carbonyl (C=O) groups is 1. The molecule has 6 N–H and O–H groups in total. The Morgan fingerprint density at radius 2 is 0.787 bits per heavy atom. The third-order valence-corrected chi connectivity index (χ3v) is 17.3. The average molecular weight is 1160 g/mol. The molecule has 7 unspecified atom stereocenters. The van der Waals surface area contributed by atoms with Crippen molar-refractivity contribution in [3.8, 4) is 0 Å². The lowest BCUT2D eigenvalue weighted by Gasteiger charge is -2.41. The van der Waals surface area contributed by atoms with Gasteiger partial charge in [0.15, 0.2) is 6.29 Å². The smallest absolute Gasteiger partial charge is 0.394 e. The maximum atomic E-state index is 13.2. The van der Waals surface area contributed by atoms with Gasteiger partial charge in [0.05, 0.1) is 25.4 Å². The second-order valence-electron chi connectivity index (χ2n) is 24.5. The molecule has 0 radical (unpaired) electrons. The van der Waals surface area contributed by atoms with Crippen LogP contribution in [-0.4, -0.2) is 95.4 Å². The predicted molar refractivity (Wildman–Crippen MR) is 333 cm³/mol. The molecule has 1 aliphatic heterocycles. The summed E-state index contributed by atoms with van der Waals surface area (Å²) in [7, 11) is -5.09. The van der Waals surface area contributed by atoms with Crippen LogP contribution in [-0.2, 0) is 28.9 Å².